The summed E-state index contributed by atoms with van der Waals surface area (Å²) in [4.78, 5) is 24.9. The number of rotatable bonds is 9. The summed E-state index contributed by atoms with van der Waals surface area (Å²) in [7, 11) is 0. The van der Waals surface area contributed by atoms with E-state index in [4.69, 9.17) is 0 Å². The second-order valence-corrected chi connectivity index (χ2v) is 14.8. The fourth-order valence-electron chi connectivity index (χ4n) is 5.46. The van der Waals surface area contributed by atoms with Gasteiger partial charge in [-0.15, -0.1) is 0 Å². The molecule has 216 valence electrons. The molecule has 0 amide bonds. The largest absolute Gasteiger partial charge is 0.478 e. The van der Waals surface area contributed by atoms with Crippen LogP contribution in [0.1, 0.15) is 175 Å². The summed E-state index contributed by atoms with van der Waals surface area (Å²) in [6.45, 7) is 27.4. The van der Waals surface area contributed by atoms with Crippen molar-refractivity contribution in [1.29, 1.82) is 0 Å². The van der Waals surface area contributed by atoms with Gasteiger partial charge in [0.05, 0.1) is 11.1 Å². The van der Waals surface area contributed by atoms with Crippen LogP contribution in [-0.2, 0) is 16.2 Å². The van der Waals surface area contributed by atoms with Crippen molar-refractivity contribution in [2.24, 2.45) is 0 Å². The number of hydrogen-bond acceptors (Lipinski definition) is 2. The van der Waals surface area contributed by atoms with Crippen LogP contribution in [0.4, 0.5) is 0 Å². The summed E-state index contributed by atoms with van der Waals surface area (Å²) in [5, 5.41) is 20.4. The first-order valence-electron chi connectivity index (χ1n) is 14.4. The molecule has 0 aliphatic carbocycles. The lowest BCUT2D eigenvalue weighted by molar-refractivity contribution is 0.0681. The Morgan fingerprint density at radius 1 is 0.667 bits per heavy atom. The maximum absolute atomic E-state index is 12.5. The molecule has 0 saturated carbocycles. The van der Waals surface area contributed by atoms with Crippen molar-refractivity contribution in [3.8, 4) is 0 Å². The van der Waals surface area contributed by atoms with Gasteiger partial charge in [-0.3, -0.25) is 0 Å². The smallest absolute Gasteiger partial charge is 0.336 e. The maximum Gasteiger partial charge on any atom is 0.336 e. The van der Waals surface area contributed by atoms with Crippen LogP contribution in [0, 0.1) is 0 Å². The number of carbonyl (C=O) groups is 2. The molecule has 0 heterocycles. The molecule has 0 aliphatic rings. The summed E-state index contributed by atoms with van der Waals surface area (Å²) in [5.74, 6) is -1.24. The van der Waals surface area contributed by atoms with E-state index in [1.165, 1.54) is 5.56 Å². The SMILES string of the molecule is CC(C)c1cc(C(C)C)c(C(=O)O)c(C(C)CCC(C)(C)c2cc(C(C)(C)C)c(C(=O)O)c(C(C)(C)C)c2)c1. The van der Waals surface area contributed by atoms with Crippen LogP contribution in [0.25, 0.3) is 0 Å². The molecule has 0 radical (unpaired) electrons. The third-order valence-electron chi connectivity index (χ3n) is 8.21. The first kappa shape index (κ1) is 32.6. The molecular formula is C35H52O4. The van der Waals surface area contributed by atoms with Crippen molar-refractivity contribution < 1.29 is 19.8 Å². The van der Waals surface area contributed by atoms with Crippen molar-refractivity contribution in [2.45, 2.75) is 137 Å². The highest BCUT2D eigenvalue weighted by atomic mass is 16.4. The second-order valence-electron chi connectivity index (χ2n) is 14.8. The van der Waals surface area contributed by atoms with Gasteiger partial charge in [0.15, 0.2) is 0 Å². The molecule has 4 heteroatoms. The Bertz CT molecular complexity index is 1180. The Hall–Kier alpha value is -2.62. The molecule has 0 bridgehead atoms. The van der Waals surface area contributed by atoms with Gasteiger partial charge >= 0.3 is 11.9 Å². The molecule has 4 nitrogen and oxygen atoms in total. The molecule has 2 N–H and O–H groups in total. The van der Waals surface area contributed by atoms with Gasteiger partial charge in [0.25, 0.3) is 0 Å². The third-order valence-corrected chi connectivity index (χ3v) is 8.21. The van der Waals surface area contributed by atoms with Crippen molar-refractivity contribution >= 4 is 11.9 Å². The average Bonchev–Trinajstić information content (AvgIpc) is 2.79. The van der Waals surface area contributed by atoms with Crippen LogP contribution in [0.15, 0.2) is 24.3 Å². The Balaban J connectivity index is 2.61. The lowest BCUT2D eigenvalue weighted by Gasteiger charge is -2.34. The van der Waals surface area contributed by atoms with Gasteiger partial charge in [-0.25, -0.2) is 9.59 Å². The highest BCUT2D eigenvalue weighted by Gasteiger charge is 2.33. The van der Waals surface area contributed by atoms with E-state index in [9.17, 15) is 19.8 Å². The fraction of sp³-hybridized carbons (Fsp3) is 0.600. The summed E-state index contributed by atoms with van der Waals surface area (Å²) >= 11 is 0. The predicted molar refractivity (Wildman–Crippen MR) is 163 cm³/mol. The molecule has 1 unspecified atom stereocenters. The first-order valence-corrected chi connectivity index (χ1v) is 14.4. The summed E-state index contributed by atoms with van der Waals surface area (Å²) < 4.78 is 0. The summed E-state index contributed by atoms with van der Waals surface area (Å²) in [6, 6.07) is 8.38. The predicted octanol–water partition coefficient (Wildman–Crippen LogP) is 9.79. The van der Waals surface area contributed by atoms with Gasteiger partial charge in [0.1, 0.15) is 0 Å². The number of hydrogen-bond donors (Lipinski definition) is 2. The normalized spacial score (nSPS) is 13.7. The summed E-state index contributed by atoms with van der Waals surface area (Å²) in [6.07, 6.45) is 1.67. The summed E-state index contributed by atoms with van der Waals surface area (Å²) in [5.41, 5.74) is 5.84. The van der Waals surface area contributed by atoms with E-state index in [0.717, 1.165) is 40.7 Å². The minimum absolute atomic E-state index is 0.0639. The first-order chi connectivity index (χ1) is 17.6. The van der Waals surface area contributed by atoms with Crippen LogP contribution in [-0.4, -0.2) is 22.2 Å². The van der Waals surface area contributed by atoms with E-state index in [1.807, 2.05) is 0 Å². The highest BCUT2D eigenvalue weighted by molar-refractivity contribution is 5.93. The molecule has 2 rings (SSSR count). The van der Waals surface area contributed by atoms with E-state index in [0.29, 0.717) is 17.0 Å². The molecule has 0 fully saturated rings. The Labute approximate surface area is 237 Å². The number of carboxylic acid groups (broad SMARTS) is 2. The molecule has 0 saturated heterocycles. The third kappa shape index (κ3) is 7.32. The standard InChI is InChI=1S/C35H52O4/c1-20(2)23-16-25(21(3)4)29(31(36)37)26(17-23)22(5)14-15-35(12,13)24-18-27(33(6,7)8)30(32(38)39)28(19-24)34(9,10)11/h16-22H,14-15H2,1-13H3,(H,36,37)(H,38,39). The average molecular weight is 537 g/mol. The van der Waals surface area contributed by atoms with E-state index in [-0.39, 0.29) is 28.1 Å². The van der Waals surface area contributed by atoms with E-state index < -0.39 is 11.9 Å². The van der Waals surface area contributed by atoms with E-state index in [2.05, 4.69) is 114 Å². The van der Waals surface area contributed by atoms with Gasteiger partial charge < -0.3 is 10.2 Å². The molecule has 0 aliphatic heterocycles. The minimum atomic E-state index is -0.880. The van der Waals surface area contributed by atoms with Crippen LogP contribution in [0.3, 0.4) is 0 Å². The van der Waals surface area contributed by atoms with Gasteiger partial charge in [0.2, 0.25) is 0 Å². The molecule has 0 spiro atoms. The fourth-order valence-corrected chi connectivity index (χ4v) is 5.46. The minimum Gasteiger partial charge on any atom is -0.478 e. The molecule has 2 aromatic rings. The zero-order valence-corrected chi connectivity index (χ0v) is 26.7. The van der Waals surface area contributed by atoms with Crippen molar-refractivity contribution in [1.82, 2.24) is 0 Å². The Morgan fingerprint density at radius 2 is 1.10 bits per heavy atom. The van der Waals surface area contributed by atoms with Gasteiger partial charge in [-0.2, -0.15) is 0 Å². The van der Waals surface area contributed by atoms with Gasteiger partial charge in [0, 0.05) is 0 Å². The quantitative estimate of drug-likeness (QED) is 0.334. The Morgan fingerprint density at radius 3 is 1.46 bits per heavy atom. The molecular weight excluding hydrogens is 484 g/mol. The van der Waals surface area contributed by atoms with E-state index >= 15 is 0 Å². The van der Waals surface area contributed by atoms with Crippen molar-refractivity contribution in [3.63, 3.8) is 0 Å². The lowest BCUT2D eigenvalue weighted by Crippen LogP contribution is -2.27. The zero-order chi connectivity index (χ0) is 30.2. The lowest BCUT2D eigenvalue weighted by atomic mass is 9.70. The monoisotopic (exact) mass is 536 g/mol. The molecule has 2 aromatic carbocycles. The number of aromatic carboxylic acids is 2. The topological polar surface area (TPSA) is 74.6 Å². The molecule has 0 aromatic heterocycles. The zero-order valence-electron chi connectivity index (χ0n) is 26.7. The van der Waals surface area contributed by atoms with Crippen LogP contribution >= 0.6 is 0 Å². The van der Waals surface area contributed by atoms with Gasteiger partial charge in [-0.1, -0.05) is 114 Å². The second kappa shape index (κ2) is 11.5. The van der Waals surface area contributed by atoms with Crippen LogP contribution in [0.2, 0.25) is 0 Å². The van der Waals surface area contributed by atoms with E-state index in [1.54, 1.807) is 0 Å². The van der Waals surface area contributed by atoms with Crippen molar-refractivity contribution in [3.05, 3.63) is 68.8 Å². The van der Waals surface area contributed by atoms with Gasteiger partial charge in [-0.05, 0) is 80.2 Å². The van der Waals surface area contributed by atoms with Crippen LogP contribution < -0.4 is 0 Å². The van der Waals surface area contributed by atoms with Crippen LogP contribution in [0.5, 0.6) is 0 Å². The Kier molecular flexibility index (Phi) is 9.59. The maximum atomic E-state index is 12.5. The molecule has 1 atom stereocenters. The number of benzene rings is 2. The van der Waals surface area contributed by atoms with Crippen molar-refractivity contribution in [2.75, 3.05) is 0 Å². The molecule has 39 heavy (non-hydrogen) atoms. The number of carboxylic acids is 2. The highest BCUT2D eigenvalue weighted by Crippen LogP contribution is 2.41.